The van der Waals surface area contributed by atoms with Crippen LogP contribution in [-0.2, 0) is 23.1 Å². The van der Waals surface area contributed by atoms with Gasteiger partial charge in [-0.15, -0.1) is 11.3 Å². The van der Waals surface area contributed by atoms with Crippen LogP contribution in [0.4, 0.5) is 0 Å². The summed E-state index contributed by atoms with van der Waals surface area (Å²) in [5.74, 6) is 0. The zero-order chi connectivity index (χ0) is 15.5. The highest BCUT2D eigenvalue weighted by molar-refractivity contribution is 7.89. The van der Waals surface area contributed by atoms with Crippen LogP contribution < -0.4 is 4.72 Å². The van der Waals surface area contributed by atoms with E-state index in [0.29, 0.717) is 24.4 Å². The molecule has 2 rings (SSSR count). The van der Waals surface area contributed by atoms with Gasteiger partial charge in [0.2, 0.25) is 10.0 Å². The Balaban J connectivity index is 2.21. The summed E-state index contributed by atoms with van der Waals surface area (Å²) < 4.78 is 29.0. The lowest BCUT2D eigenvalue weighted by Gasteiger charge is -2.07. The van der Waals surface area contributed by atoms with E-state index in [0.717, 1.165) is 4.88 Å². The Labute approximate surface area is 127 Å². The van der Waals surface area contributed by atoms with E-state index in [-0.39, 0.29) is 18.0 Å². The highest BCUT2D eigenvalue weighted by Gasteiger charge is 2.24. The predicted molar refractivity (Wildman–Crippen MR) is 79.5 cm³/mol. The molecule has 0 unspecified atom stereocenters. The molecule has 2 aromatic rings. The Hall–Kier alpha value is -1.29. The van der Waals surface area contributed by atoms with Gasteiger partial charge in [0.05, 0.1) is 16.9 Å². The fraction of sp³-hybridized carbons (Fsp3) is 0.500. The zero-order valence-electron chi connectivity index (χ0n) is 11.9. The highest BCUT2D eigenvalue weighted by Crippen LogP contribution is 2.20. The van der Waals surface area contributed by atoms with Crippen LogP contribution in [0.2, 0.25) is 0 Å². The van der Waals surface area contributed by atoms with Crippen LogP contribution >= 0.6 is 11.3 Å². The van der Waals surface area contributed by atoms with Crippen molar-refractivity contribution in [2.75, 3.05) is 6.61 Å². The van der Waals surface area contributed by atoms with Crippen LogP contribution in [0, 0.1) is 13.8 Å². The molecule has 0 fully saturated rings. The first-order valence-corrected chi connectivity index (χ1v) is 8.84. The fourth-order valence-corrected chi connectivity index (χ4v) is 4.11. The molecule has 0 spiro atoms. The summed E-state index contributed by atoms with van der Waals surface area (Å²) in [5.41, 5.74) is 2.70. The first kappa shape index (κ1) is 16.1. The van der Waals surface area contributed by atoms with Crippen molar-refractivity contribution in [2.45, 2.75) is 38.3 Å². The molecule has 0 aromatic carbocycles. The maximum Gasteiger partial charge on any atom is 0.244 e. The van der Waals surface area contributed by atoms with Gasteiger partial charge in [-0.1, -0.05) is 0 Å². The van der Waals surface area contributed by atoms with Gasteiger partial charge in [0.15, 0.2) is 0 Å². The van der Waals surface area contributed by atoms with E-state index in [1.807, 2.05) is 0 Å². The number of aromatic nitrogens is 3. The molecule has 2 N–H and O–H groups in total. The van der Waals surface area contributed by atoms with Crippen molar-refractivity contribution in [1.82, 2.24) is 19.5 Å². The van der Waals surface area contributed by atoms with Crippen molar-refractivity contribution in [3.8, 4) is 0 Å². The van der Waals surface area contributed by atoms with Gasteiger partial charge in [-0.05, 0) is 20.3 Å². The monoisotopic (exact) mass is 330 g/mol. The van der Waals surface area contributed by atoms with Gasteiger partial charge in [-0.25, -0.2) is 13.1 Å². The zero-order valence-corrected chi connectivity index (χ0v) is 13.5. The molecule has 0 saturated heterocycles. The molecule has 0 saturated carbocycles. The molecular weight excluding hydrogens is 312 g/mol. The predicted octanol–water partition coefficient (Wildman–Crippen LogP) is 0.817. The molecule has 0 bridgehead atoms. The van der Waals surface area contributed by atoms with Gasteiger partial charge in [0.1, 0.15) is 4.90 Å². The molecule has 116 valence electrons. The molecule has 0 aliphatic heterocycles. The maximum atomic E-state index is 12.4. The lowest BCUT2D eigenvalue weighted by atomic mass is 10.4. The second kappa shape index (κ2) is 6.65. The molecule has 0 aliphatic carbocycles. The summed E-state index contributed by atoms with van der Waals surface area (Å²) in [6.45, 7) is 4.15. The number of thiazole rings is 1. The van der Waals surface area contributed by atoms with Gasteiger partial charge in [-0.2, -0.15) is 5.10 Å². The van der Waals surface area contributed by atoms with Crippen molar-refractivity contribution < 1.29 is 13.5 Å². The Morgan fingerprint density at radius 3 is 2.81 bits per heavy atom. The van der Waals surface area contributed by atoms with Crippen molar-refractivity contribution in [1.29, 1.82) is 0 Å². The average Bonchev–Trinajstić information content (AvgIpc) is 3.03. The van der Waals surface area contributed by atoms with E-state index >= 15 is 0 Å². The standard InChI is InChI=1S/C12H18N4O3S2/c1-9-12(10(2)16(15-9)4-3-5-17)21(18,19)14-7-11-6-13-8-20-11/h6,8,14,17H,3-5,7H2,1-2H3. The first-order valence-electron chi connectivity index (χ1n) is 6.47. The number of aryl methyl sites for hydroxylation is 2. The molecule has 7 nitrogen and oxygen atoms in total. The number of aliphatic hydroxyl groups is 1. The summed E-state index contributed by atoms with van der Waals surface area (Å²) >= 11 is 1.40. The van der Waals surface area contributed by atoms with Gasteiger partial charge >= 0.3 is 0 Å². The van der Waals surface area contributed by atoms with E-state index < -0.39 is 10.0 Å². The molecule has 2 heterocycles. The third-order valence-electron chi connectivity index (χ3n) is 3.03. The van der Waals surface area contributed by atoms with Crippen LogP contribution in [0.15, 0.2) is 16.6 Å². The maximum absolute atomic E-state index is 12.4. The minimum absolute atomic E-state index is 0.0457. The summed E-state index contributed by atoms with van der Waals surface area (Å²) in [5, 5.41) is 13.1. The lowest BCUT2D eigenvalue weighted by molar-refractivity contribution is 0.276. The molecular formula is C12H18N4O3S2. The van der Waals surface area contributed by atoms with Gasteiger partial charge in [0, 0.05) is 30.8 Å². The van der Waals surface area contributed by atoms with Gasteiger partial charge < -0.3 is 5.11 Å². The number of nitrogens with one attached hydrogen (secondary N) is 1. The SMILES string of the molecule is Cc1nn(CCCO)c(C)c1S(=O)(=O)NCc1cncs1. The van der Waals surface area contributed by atoms with Crippen LogP contribution in [0.5, 0.6) is 0 Å². The lowest BCUT2D eigenvalue weighted by Crippen LogP contribution is -2.24. The van der Waals surface area contributed by atoms with Crippen LogP contribution in [0.25, 0.3) is 0 Å². The Morgan fingerprint density at radius 2 is 2.19 bits per heavy atom. The van der Waals surface area contributed by atoms with Crippen molar-refractivity contribution in [2.24, 2.45) is 0 Å². The van der Waals surface area contributed by atoms with Gasteiger partial charge in [-0.3, -0.25) is 9.67 Å². The number of nitrogens with zero attached hydrogens (tertiary/aromatic N) is 3. The fourth-order valence-electron chi connectivity index (χ4n) is 2.08. The van der Waals surface area contributed by atoms with Crippen LogP contribution in [0.3, 0.4) is 0 Å². The molecule has 0 radical (unpaired) electrons. The summed E-state index contributed by atoms with van der Waals surface area (Å²) in [6, 6.07) is 0. The molecule has 2 aromatic heterocycles. The molecule has 0 aliphatic rings. The van der Waals surface area contributed by atoms with Crippen molar-refractivity contribution in [3.63, 3.8) is 0 Å². The quantitative estimate of drug-likeness (QED) is 0.783. The van der Waals surface area contributed by atoms with Crippen molar-refractivity contribution >= 4 is 21.4 Å². The summed E-state index contributed by atoms with van der Waals surface area (Å²) in [6.07, 6.45) is 2.17. The Bertz CT molecular complexity index is 692. The topological polar surface area (TPSA) is 97.1 Å². The second-order valence-electron chi connectivity index (χ2n) is 4.59. The summed E-state index contributed by atoms with van der Waals surface area (Å²) in [7, 11) is -3.62. The normalized spacial score (nSPS) is 12.0. The Kier molecular flexibility index (Phi) is 5.09. The number of hydrogen-bond donors (Lipinski definition) is 2. The van der Waals surface area contributed by atoms with E-state index in [1.165, 1.54) is 11.3 Å². The third kappa shape index (κ3) is 3.67. The second-order valence-corrected chi connectivity index (χ2v) is 7.27. The number of rotatable bonds is 7. The van der Waals surface area contributed by atoms with Crippen LogP contribution in [0.1, 0.15) is 22.7 Å². The van der Waals surface area contributed by atoms with Crippen molar-refractivity contribution in [3.05, 3.63) is 28.0 Å². The van der Waals surface area contributed by atoms with Crippen LogP contribution in [-0.4, -0.2) is 34.9 Å². The highest BCUT2D eigenvalue weighted by atomic mass is 32.2. The van der Waals surface area contributed by atoms with E-state index in [1.54, 1.807) is 30.2 Å². The molecule has 0 atom stereocenters. The summed E-state index contributed by atoms with van der Waals surface area (Å²) in [4.78, 5) is 4.97. The minimum atomic E-state index is -3.62. The molecule has 9 heteroatoms. The minimum Gasteiger partial charge on any atom is -0.396 e. The third-order valence-corrected chi connectivity index (χ3v) is 5.46. The molecule has 21 heavy (non-hydrogen) atoms. The largest absolute Gasteiger partial charge is 0.396 e. The van der Waals surface area contributed by atoms with E-state index in [2.05, 4.69) is 14.8 Å². The smallest absolute Gasteiger partial charge is 0.244 e. The van der Waals surface area contributed by atoms with E-state index in [4.69, 9.17) is 5.11 Å². The number of sulfonamides is 1. The number of aliphatic hydroxyl groups excluding tert-OH is 1. The first-order chi connectivity index (χ1) is 9.95. The average molecular weight is 330 g/mol. The molecule has 0 amide bonds. The van der Waals surface area contributed by atoms with E-state index in [9.17, 15) is 8.42 Å². The number of hydrogen-bond acceptors (Lipinski definition) is 6. The van der Waals surface area contributed by atoms with Gasteiger partial charge in [0.25, 0.3) is 0 Å². The Morgan fingerprint density at radius 1 is 1.43 bits per heavy atom.